The molecule has 0 amide bonds. The number of carbonyl (C=O) groups excluding carboxylic acids is 1. The maximum atomic E-state index is 12.3. The van der Waals surface area contributed by atoms with Gasteiger partial charge in [0.1, 0.15) is 5.69 Å². The van der Waals surface area contributed by atoms with Gasteiger partial charge < -0.3 is 4.74 Å². The van der Waals surface area contributed by atoms with E-state index in [9.17, 15) is 4.79 Å². The second-order valence-electron chi connectivity index (χ2n) is 3.42. The predicted octanol–water partition coefficient (Wildman–Crippen LogP) is 1.54. The van der Waals surface area contributed by atoms with Gasteiger partial charge in [-0.25, -0.2) is 0 Å². The molecule has 0 unspecified atom stereocenters. The Morgan fingerprint density at radius 3 is 2.88 bits per heavy atom. The molecule has 2 heterocycles. The number of hydrogen-bond acceptors (Lipinski definition) is 4. The summed E-state index contributed by atoms with van der Waals surface area (Å²) in [6.45, 7) is 2.53. The largest absolute Gasteiger partial charge is 0.493 e. The third-order valence-corrected chi connectivity index (χ3v) is 2.44. The summed E-state index contributed by atoms with van der Waals surface area (Å²) < 4.78 is 6.75. The van der Waals surface area contributed by atoms with Crippen molar-refractivity contribution >= 4 is 5.78 Å². The normalized spacial score (nSPS) is 10.2. The first-order valence-corrected chi connectivity index (χ1v) is 5.33. The molecule has 0 aliphatic rings. The number of nitrogens with zero attached hydrogens (tertiary/aromatic N) is 3. The molecule has 2 rings (SSSR count). The first kappa shape index (κ1) is 11.3. The summed E-state index contributed by atoms with van der Waals surface area (Å²) in [5, 5.41) is 4.10. The molecule has 0 atom stereocenters. The lowest BCUT2D eigenvalue weighted by molar-refractivity contribution is 0.102. The van der Waals surface area contributed by atoms with E-state index < -0.39 is 0 Å². The van der Waals surface area contributed by atoms with Crippen LogP contribution in [0.15, 0.2) is 30.6 Å². The molecule has 2 aromatic heterocycles. The molecule has 0 aliphatic carbocycles. The number of aromatic nitrogens is 3. The van der Waals surface area contributed by atoms with Gasteiger partial charge in [0.25, 0.3) is 0 Å². The molecular weight excluding hydrogens is 218 g/mol. The fraction of sp³-hybridized carbons (Fsp3) is 0.250. The summed E-state index contributed by atoms with van der Waals surface area (Å²) in [5.74, 6) is 0.296. The van der Waals surface area contributed by atoms with E-state index in [2.05, 4.69) is 10.1 Å². The number of ether oxygens (including phenoxy) is 1. The second kappa shape index (κ2) is 4.78. The Labute approximate surface area is 99.1 Å². The summed E-state index contributed by atoms with van der Waals surface area (Å²) >= 11 is 0. The van der Waals surface area contributed by atoms with Crippen LogP contribution in [-0.4, -0.2) is 27.7 Å². The minimum absolute atomic E-state index is 0.179. The molecule has 0 spiro atoms. The van der Waals surface area contributed by atoms with Crippen molar-refractivity contribution in [2.45, 2.75) is 13.5 Å². The van der Waals surface area contributed by atoms with Crippen LogP contribution in [0.3, 0.4) is 0 Å². The van der Waals surface area contributed by atoms with Crippen molar-refractivity contribution in [1.82, 2.24) is 14.8 Å². The standard InChI is InChI=1S/C12H13N3O2/c1-3-15-11(10(17-2)8-14-15)12(16)9-6-4-5-7-13-9/h4-8H,3H2,1-2H3. The number of carbonyl (C=O) groups is 1. The highest BCUT2D eigenvalue weighted by Gasteiger charge is 2.20. The van der Waals surface area contributed by atoms with E-state index in [0.29, 0.717) is 23.7 Å². The van der Waals surface area contributed by atoms with Crippen molar-refractivity contribution in [2.75, 3.05) is 7.11 Å². The van der Waals surface area contributed by atoms with E-state index >= 15 is 0 Å². The van der Waals surface area contributed by atoms with Crippen molar-refractivity contribution < 1.29 is 9.53 Å². The van der Waals surface area contributed by atoms with Gasteiger partial charge in [-0.05, 0) is 19.1 Å². The van der Waals surface area contributed by atoms with Gasteiger partial charge in [0.05, 0.1) is 13.3 Å². The van der Waals surface area contributed by atoms with Crippen LogP contribution in [-0.2, 0) is 6.54 Å². The Balaban J connectivity index is 2.46. The zero-order valence-corrected chi connectivity index (χ0v) is 9.75. The van der Waals surface area contributed by atoms with Gasteiger partial charge in [-0.2, -0.15) is 5.10 Å². The van der Waals surface area contributed by atoms with E-state index in [0.717, 1.165) is 0 Å². The molecule has 0 saturated heterocycles. The van der Waals surface area contributed by atoms with Crippen molar-refractivity contribution in [3.05, 3.63) is 42.0 Å². The van der Waals surface area contributed by atoms with Crippen LogP contribution in [0.4, 0.5) is 0 Å². The predicted molar refractivity (Wildman–Crippen MR) is 62.1 cm³/mol. The maximum absolute atomic E-state index is 12.3. The summed E-state index contributed by atoms with van der Waals surface area (Å²) in [4.78, 5) is 16.3. The van der Waals surface area contributed by atoms with E-state index in [1.807, 2.05) is 6.92 Å². The fourth-order valence-corrected chi connectivity index (χ4v) is 1.60. The minimum Gasteiger partial charge on any atom is -0.493 e. The number of aryl methyl sites for hydroxylation is 1. The van der Waals surface area contributed by atoms with Crippen LogP contribution in [0.5, 0.6) is 5.75 Å². The molecule has 0 saturated carbocycles. The highest BCUT2D eigenvalue weighted by molar-refractivity contribution is 6.08. The summed E-state index contributed by atoms with van der Waals surface area (Å²) in [6, 6.07) is 5.22. The Hall–Kier alpha value is -2.17. The van der Waals surface area contributed by atoms with Crippen molar-refractivity contribution in [2.24, 2.45) is 0 Å². The zero-order valence-electron chi connectivity index (χ0n) is 9.75. The molecule has 0 aromatic carbocycles. The molecule has 0 fully saturated rings. The zero-order chi connectivity index (χ0) is 12.3. The average Bonchev–Trinajstić information content (AvgIpc) is 2.81. The Kier molecular flexibility index (Phi) is 3.18. The molecular formula is C12H13N3O2. The SMILES string of the molecule is CCn1ncc(OC)c1C(=O)c1ccccn1. The first-order valence-electron chi connectivity index (χ1n) is 5.33. The monoisotopic (exact) mass is 231 g/mol. The third-order valence-electron chi connectivity index (χ3n) is 2.44. The van der Waals surface area contributed by atoms with Gasteiger partial charge >= 0.3 is 0 Å². The van der Waals surface area contributed by atoms with Gasteiger partial charge in [0.2, 0.25) is 5.78 Å². The van der Waals surface area contributed by atoms with Crippen LogP contribution in [0.2, 0.25) is 0 Å². The quantitative estimate of drug-likeness (QED) is 0.749. The van der Waals surface area contributed by atoms with Crippen LogP contribution < -0.4 is 4.74 Å². The van der Waals surface area contributed by atoms with Gasteiger partial charge in [-0.15, -0.1) is 0 Å². The highest BCUT2D eigenvalue weighted by Crippen LogP contribution is 2.20. The Morgan fingerprint density at radius 1 is 1.47 bits per heavy atom. The van der Waals surface area contributed by atoms with Crippen LogP contribution in [0.25, 0.3) is 0 Å². The Bertz CT molecular complexity index is 498. The van der Waals surface area contributed by atoms with Crippen LogP contribution in [0.1, 0.15) is 23.1 Å². The van der Waals surface area contributed by atoms with E-state index in [1.165, 1.54) is 7.11 Å². The van der Waals surface area contributed by atoms with E-state index in [1.54, 1.807) is 35.3 Å². The fourth-order valence-electron chi connectivity index (χ4n) is 1.60. The van der Waals surface area contributed by atoms with Gasteiger partial charge in [0.15, 0.2) is 11.4 Å². The maximum Gasteiger partial charge on any atom is 0.233 e. The molecule has 0 bridgehead atoms. The molecule has 5 heteroatoms. The van der Waals surface area contributed by atoms with Gasteiger partial charge in [-0.3, -0.25) is 14.5 Å². The number of methoxy groups -OCH3 is 1. The average molecular weight is 231 g/mol. The van der Waals surface area contributed by atoms with Crippen molar-refractivity contribution in [3.63, 3.8) is 0 Å². The molecule has 2 aromatic rings. The van der Waals surface area contributed by atoms with Gasteiger partial charge in [0, 0.05) is 12.7 Å². The lowest BCUT2D eigenvalue weighted by Crippen LogP contribution is -2.12. The number of hydrogen-bond donors (Lipinski definition) is 0. The second-order valence-corrected chi connectivity index (χ2v) is 3.42. The number of rotatable bonds is 4. The molecule has 0 aliphatic heterocycles. The smallest absolute Gasteiger partial charge is 0.233 e. The summed E-state index contributed by atoms with van der Waals surface area (Å²) in [6.07, 6.45) is 3.13. The molecule has 88 valence electrons. The lowest BCUT2D eigenvalue weighted by atomic mass is 10.2. The summed E-state index contributed by atoms with van der Waals surface area (Å²) in [5.41, 5.74) is 0.828. The van der Waals surface area contributed by atoms with E-state index in [-0.39, 0.29) is 5.78 Å². The van der Waals surface area contributed by atoms with E-state index in [4.69, 9.17) is 4.74 Å². The van der Waals surface area contributed by atoms with Crippen LogP contribution >= 0.6 is 0 Å². The van der Waals surface area contributed by atoms with Crippen molar-refractivity contribution in [3.8, 4) is 5.75 Å². The van der Waals surface area contributed by atoms with Gasteiger partial charge in [-0.1, -0.05) is 6.07 Å². The minimum atomic E-state index is -0.179. The lowest BCUT2D eigenvalue weighted by Gasteiger charge is -2.05. The first-order chi connectivity index (χ1) is 8.27. The molecule has 0 N–H and O–H groups in total. The highest BCUT2D eigenvalue weighted by atomic mass is 16.5. The summed E-state index contributed by atoms with van der Waals surface area (Å²) in [7, 11) is 1.52. The Morgan fingerprint density at radius 2 is 2.29 bits per heavy atom. The van der Waals surface area contributed by atoms with Crippen molar-refractivity contribution in [1.29, 1.82) is 0 Å². The molecule has 0 radical (unpaired) electrons. The third kappa shape index (κ3) is 2.04. The van der Waals surface area contributed by atoms with Crippen LogP contribution in [0, 0.1) is 0 Å². The number of ketones is 1. The molecule has 17 heavy (non-hydrogen) atoms. The topological polar surface area (TPSA) is 57.0 Å². The molecule has 5 nitrogen and oxygen atoms in total. The number of pyridine rings is 1.